The molecule has 12 heteroatoms. The second-order valence-corrected chi connectivity index (χ2v) is 14.9. The van der Waals surface area contributed by atoms with E-state index in [1.807, 2.05) is 0 Å². The number of carboxylic acids is 1. The minimum absolute atomic E-state index is 0.141. The molecule has 0 fully saturated rings. The molecular formula is C42H72NO10P. The molecule has 0 aromatic rings. The van der Waals surface area contributed by atoms with Crippen molar-refractivity contribution in [3.05, 3.63) is 60.8 Å². The number of carbonyl (C=O) groups is 3. The summed E-state index contributed by atoms with van der Waals surface area (Å²) in [6, 6.07) is -1.53. The van der Waals surface area contributed by atoms with Gasteiger partial charge in [0.25, 0.3) is 0 Å². The largest absolute Gasteiger partial charge is 0.480 e. The molecule has 0 amide bonds. The highest BCUT2D eigenvalue weighted by molar-refractivity contribution is 7.47. The number of esters is 2. The molecule has 0 aromatic heterocycles. The highest BCUT2D eigenvalue weighted by Gasteiger charge is 2.28. The second kappa shape index (κ2) is 37.1. The Morgan fingerprint density at radius 3 is 1.57 bits per heavy atom. The molecule has 0 aliphatic carbocycles. The van der Waals surface area contributed by atoms with Crippen molar-refractivity contribution in [2.24, 2.45) is 5.73 Å². The third-order valence-electron chi connectivity index (χ3n) is 8.22. The number of phosphoric acid groups is 1. The SMILES string of the molecule is CCC/C=C/C/C=C/C/C=C/C/C=C/CCCCCC(=O)OC[C@H](COP(=O)(O)OC[C@H](N)C(=O)O)OC(=O)CCCCCCC/C=C/CCCCCC. The van der Waals surface area contributed by atoms with Crippen LogP contribution in [-0.2, 0) is 37.5 Å². The number of ether oxygens (including phenoxy) is 2. The summed E-state index contributed by atoms with van der Waals surface area (Å²) in [5.74, 6) is -2.44. The molecule has 310 valence electrons. The van der Waals surface area contributed by atoms with Gasteiger partial charge in [-0.15, -0.1) is 0 Å². The van der Waals surface area contributed by atoms with Crippen LogP contribution in [0.1, 0.15) is 155 Å². The smallest absolute Gasteiger partial charge is 0.472 e. The van der Waals surface area contributed by atoms with Crippen LogP contribution in [0.2, 0.25) is 0 Å². The van der Waals surface area contributed by atoms with Crippen LogP contribution in [0.3, 0.4) is 0 Å². The van der Waals surface area contributed by atoms with Crippen LogP contribution >= 0.6 is 7.82 Å². The molecule has 4 N–H and O–H groups in total. The van der Waals surface area contributed by atoms with Gasteiger partial charge in [0.05, 0.1) is 13.2 Å². The van der Waals surface area contributed by atoms with Crippen LogP contribution in [0.5, 0.6) is 0 Å². The fraction of sp³-hybridized carbons (Fsp3) is 0.690. The lowest BCUT2D eigenvalue weighted by atomic mass is 10.1. The van der Waals surface area contributed by atoms with E-state index >= 15 is 0 Å². The number of hydrogen-bond donors (Lipinski definition) is 3. The summed E-state index contributed by atoms with van der Waals surface area (Å²) in [7, 11) is -4.72. The van der Waals surface area contributed by atoms with Gasteiger partial charge in [0, 0.05) is 12.8 Å². The van der Waals surface area contributed by atoms with E-state index in [1.165, 1.54) is 32.1 Å². The molecule has 0 saturated carbocycles. The predicted octanol–water partition coefficient (Wildman–Crippen LogP) is 10.4. The van der Waals surface area contributed by atoms with Gasteiger partial charge in [-0.05, 0) is 77.0 Å². The fourth-order valence-corrected chi connectivity index (χ4v) is 5.77. The van der Waals surface area contributed by atoms with E-state index < -0.39 is 51.1 Å². The Morgan fingerprint density at radius 1 is 0.574 bits per heavy atom. The van der Waals surface area contributed by atoms with Gasteiger partial charge in [-0.1, -0.05) is 126 Å². The lowest BCUT2D eigenvalue weighted by Crippen LogP contribution is -2.34. The van der Waals surface area contributed by atoms with E-state index in [0.717, 1.165) is 83.5 Å². The fourth-order valence-electron chi connectivity index (χ4n) is 4.99. The van der Waals surface area contributed by atoms with Crippen LogP contribution < -0.4 is 5.73 Å². The zero-order valence-corrected chi connectivity index (χ0v) is 34.2. The van der Waals surface area contributed by atoms with Gasteiger partial charge in [0.1, 0.15) is 12.6 Å². The molecule has 0 aliphatic heterocycles. The summed E-state index contributed by atoms with van der Waals surface area (Å²) >= 11 is 0. The average Bonchev–Trinajstić information content (AvgIpc) is 3.14. The van der Waals surface area contributed by atoms with Crippen LogP contribution in [0.4, 0.5) is 0 Å². The number of aliphatic carboxylic acids is 1. The van der Waals surface area contributed by atoms with Crippen molar-refractivity contribution in [2.75, 3.05) is 19.8 Å². The quantitative estimate of drug-likeness (QED) is 0.0237. The van der Waals surface area contributed by atoms with Gasteiger partial charge < -0.3 is 25.2 Å². The van der Waals surface area contributed by atoms with Gasteiger partial charge in [-0.3, -0.25) is 23.4 Å². The van der Waals surface area contributed by atoms with Gasteiger partial charge in [-0.2, -0.15) is 0 Å². The normalized spacial score (nSPS) is 14.4. The first kappa shape index (κ1) is 51.2. The number of allylic oxidation sites excluding steroid dienone is 10. The highest BCUT2D eigenvalue weighted by atomic mass is 31.2. The van der Waals surface area contributed by atoms with Crippen LogP contribution in [0.15, 0.2) is 60.8 Å². The van der Waals surface area contributed by atoms with Crippen LogP contribution in [-0.4, -0.2) is 59.9 Å². The van der Waals surface area contributed by atoms with Gasteiger partial charge in [0.2, 0.25) is 0 Å². The van der Waals surface area contributed by atoms with Crippen LogP contribution in [0.25, 0.3) is 0 Å². The molecule has 0 aromatic carbocycles. The van der Waals surface area contributed by atoms with Gasteiger partial charge >= 0.3 is 25.7 Å². The number of nitrogens with two attached hydrogens (primary N) is 1. The van der Waals surface area contributed by atoms with Gasteiger partial charge in [-0.25, -0.2) is 4.57 Å². The van der Waals surface area contributed by atoms with Crippen molar-refractivity contribution in [3.63, 3.8) is 0 Å². The minimum Gasteiger partial charge on any atom is -0.480 e. The number of phosphoric ester groups is 1. The molecule has 1 unspecified atom stereocenters. The predicted molar refractivity (Wildman–Crippen MR) is 217 cm³/mol. The first-order valence-corrected chi connectivity index (χ1v) is 21.8. The molecule has 0 heterocycles. The molecule has 0 spiro atoms. The monoisotopic (exact) mass is 781 g/mol. The molecule has 0 saturated heterocycles. The minimum atomic E-state index is -4.72. The van der Waals surface area contributed by atoms with E-state index in [9.17, 15) is 23.8 Å². The van der Waals surface area contributed by atoms with Gasteiger partial charge in [0.15, 0.2) is 6.10 Å². The molecule has 3 atom stereocenters. The second-order valence-electron chi connectivity index (χ2n) is 13.4. The van der Waals surface area contributed by atoms with Crippen molar-refractivity contribution >= 4 is 25.7 Å². The van der Waals surface area contributed by atoms with Crippen molar-refractivity contribution < 1.29 is 47.5 Å². The Morgan fingerprint density at radius 2 is 1.02 bits per heavy atom. The summed E-state index contributed by atoms with van der Waals surface area (Å²) < 4.78 is 32.6. The third kappa shape index (κ3) is 36.2. The maximum absolute atomic E-state index is 12.6. The number of carbonyl (C=O) groups excluding carboxylic acids is 2. The average molecular weight is 782 g/mol. The zero-order chi connectivity index (χ0) is 40.0. The van der Waals surface area contributed by atoms with E-state index in [0.29, 0.717) is 12.8 Å². The molecule has 0 radical (unpaired) electrons. The summed E-state index contributed by atoms with van der Waals surface area (Å²) in [6.45, 7) is 2.65. The Bertz CT molecular complexity index is 1150. The molecular weight excluding hydrogens is 709 g/mol. The Balaban J connectivity index is 4.48. The number of hydrogen-bond acceptors (Lipinski definition) is 9. The molecule has 0 aliphatic rings. The highest BCUT2D eigenvalue weighted by Crippen LogP contribution is 2.43. The maximum Gasteiger partial charge on any atom is 0.472 e. The standard InChI is InChI=1S/C42H72NO10P/c1-3-5-7-9-11-13-15-17-18-19-20-22-23-25-27-29-31-33-40(44)50-35-38(36-51-54(48,49)52-37-39(43)42(46)47)53-41(45)34-32-30-28-26-24-21-16-14-12-10-8-6-4-2/h7,9,13-16,18-19,22-23,38-39H,3-6,8,10-12,17,20-21,24-37,43H2,1-2H3,(H,46,47)(H,48,49)/b9-7+,15-13+,16-14+,19-18+,23-22+/t38-,39+/m1/s1. The Hall–Kier alpha value is -2.82. The van der Waals surface area contributed by atoms with Crippen molar-refractivity contribution in [1.82, 2.24) is 0 Å². The first-order chi connectivity index (χ1) is 26.1. The molecule has 11 nitrogen and oxygen atoms in total. The van der Waals surface area contributed by atoms with E-state index in [4.69, 9.17) is 24.8 Å². The Kier molecular flexibility index (Phi) is 35.2. The summed E-state index contributed by atoms with van der Waals surface area (Å²) in [6.07, 6.45) is 41.4. The molecule has 0 bridgehead atoms. The van der Waals surface area contributed by atoms with Crippen molar-refractivity contribution in [2.45, 2.75) is 167 Å². The number of unbranched alkanes of at least 4 members (excludes halogenated alkanes) is 13. The van der Waals surface area contributed by atoms with E-state index in [1.54, 1.807) is 0 Å². The summed E-state index contributed by atoms with van der Waals surface area (Å²) in [5.41, 5.74) is 5.32. The third-order valence-corrected chi connectivity index (χ3v) is 9.17. The Labute approximate surface area is 326 Å². The molecule has 0 rings (SSSR count). The lowest BCUT2D eigenvalue weighted by molar-refractivity contribution is -0.161. The van der Waals surface area contributed by atoms with Crippen molar-refractivity contribution in [1.29, 1.82) is 0 Å². The van der Waals surface area contributed by atoms with E-state index in [2.05, 4.69) is 79.1 Å². The van der Waals surface area contributed by atoms with Crippen LogP contribution in [0, 0.1) is 0 Å². The zero-order valence-electron chi connectivity index (χ0n) is 33.3. The topological polar surface area (TPSA) is 172 Å². The van der Waals surface area contributed by atoms with E-state index in [-0.39, 0.29) is 19.4 Å². The number of rotatable bonds is 37. The lowest BCUT2D eigenvalue weighted by Gasteiger charge is -2.20. The summed E-state index contributed by atoms with van der Waals surface area (Å²) in [5, 5.41) is 8.87. The number of carboxylic acid groups (broad SMARTS) is 1. The first-order valence-electron chi connectivity index (χ1n) is 20.3. The maximum atomic E-state index is 12.6. The summed E-state index contributed by atoms with van der Waals surface area (Å²) in [4.78, 5) is 45.8. The molecule has 54 heavy (non-hydrogen) atoms. The van der Waals surface area contributed by atoms with Crippen molar-refractivity contribution in [3.8, 4) is 0 Å².